The van der Waals surface area contributed by atoms with Gasteiger partial charge in [-0.25, -0.2) is 4.99 Å². The minimum atomic E-state index is -0.207. The molecule has 0 aliphatic heterocycles. The summed E-state index contributed by atoms with van der Waals surface area (Å²) in [7, 11) is 0. The van der Waals surface area contributed by atoms with Gasteiger partial charge in [-0.1, -0.05) is 6.92 Å². The molecular weight excluding hydrogens is 225 g/mol. The lowest BCUT2D eigenvalue weighted by Gasteiger charge is -2.09. The minimum Gasteiger partial charge on any atom is -0.370 e. The first-order chi connectivity index (χ1) is 6.10. The predicted octanol–water partition coefficient (Wildman–Crippen LogP) is 0.613. The largest absolute Gasteiger partial charge is 0.370 e. The first kappa shape index (κ1) is 15.8. The monoisotopic (exact) mass is 241 g/mol. The summed E-state index contributed by atoms with van der Waals surface area (Å²) >= 11 is 5.57. The summed E-state index contributed by atoms with van der Waals surface area (Å²) in [5.41, 5.74) is 10.5. The molecule has 0 aromatic carbocycles. The molecular formula is C7H17Cl2N5. The number of rotatable bonds is 4. The Kier molecular flexibility index (Phi) is 10.0. The van der Waals surface area contributed by atoms with E-state index in [2.05, 4.69) is 10.3 Å². The van der Waals surface area contributed by atoms with E-state index in [-0.39, 0.29) is 30.4 Å². The second-order valence-electron chi connectivity index (χ2n) is 2.59. The first-order valence-electron chi connectivity index (χ1n) is 4.10. The lowest BCUT2D eigenvalue weighted by molar-refractivity contribution is 0.632. The SMILES string of the molecule is CCC(CCCl)N=C(N)NC(=N)N.Cl. The normalized spacial score (nSPS) is 12.9. The number of hydrogen-bond donors (Lipinski definition) is 4. The number of halogens is 2. The Balaban J connectivity index is 0. The van der Waals surface area contributed by atoms with Gasteiger partial charge in [-0.05, 0) is 12.8 Å². The number of nitrogens with one attached hydrogen (secondary N) is 2. The number of nitrogens with zero attached hydrogens (tertiary/aromatic N) is 1. The zero-order valence-corrected chi connectivity index (χ0v) is 9.66. The standard InChI is InChI=1S/C7H16ClN5.ClH/c1-2-5(3-4-8)12-7(11)13-6(9)10;/h5H,2-4H2,1H3,(H6,9,10,11,12,13);1H. The van der Waals surface area contributed by atoms with Gasteiger partial charge in [0.25, 0.3) is 0 Å². The van der Waals surface area contributed by atoms with Gasteiger partial charge < -0.3 is 11.5 Å². The van der Waals surface area contributed by atoms with Gasteiger partial charge in [-0.2, -0.15) is 0 Å². The van der Waals surface area contributed by atoms with Gasteiger partial charge in [0.1, 0.15) is 0 Å². The second kappa shape index (κ2) is 8.90. The van der Waals surface area contributed by atoms with E-state index >= 15 is 0 Å². The third-order valence-electron chi connectivity index (χ3n) is 1.50. The molecule has 0 aromatic rings. The zero-order valence-electron chi connectivity index (χ0n) is 8.09. The Bertz CT molecular complexity index is 195. The van der Waals surface area contributed by atoms with Crippen LogP contribution in [0.1, 0.15) is 19.8 Å². The number of alkyl halides is 1. The molecule has 0 radical (unpaired) electrons. The van der Waals surface area contributed by atoms with E-state index in [1.807, 2.05) is 6.92 Å². The smallest absolute Gasteiger partial charge is 0.195 e. The van der Waals surface area contributed by atoms with Crippen molar-refractivity contribution in [3.8, 4) is 0 Å². The predicted molar refractivity (Wildman–Crippen MR) is 63.3 cm³/mol. The first-order valence-corrected chi connectivity index (χ1v) is 4.63. The molecule has 7 heteroatoms. The van der Waals surface area contributed by atoms with Crippen molar-refractivity contribution in [3.05, 3.63) is 0 Å². The molecule has 0 aliphatic carbocycles. The van der Waals surface area contributed by atoms with E-state index in [0.29, 0.717) is 5.88 Å². The average Bonchev–Trinajstić information content (AvgIpc) is 2.02. The maximum absolute atomic E-state index is 6.91. The van der Waals surface area contributed by atoms with E-state index in [0.717, 1.165) is 12.8 Å². The summed E-state index contributed by atoms with van der Waals surface area (Å²) in [4.78, 5) is 4.10. The van der Waals surface area contributed by atoms with Crippen LogP contribution in [0, 0.1) is 5.41 Å². The minimum absolute atomic E-state index is 0. The van der Waals surface area contributed by atoms with Crippen LogP contribution in [-0.2, 0) is 0 Å². The van der Waals surface area contributed by atoms with Crippen LogP contribution in [0.2, 0.25) is 0 Å². The number of nitrogens with two attached hydrogens (primary N) is 2. The molecule has 0 aliphatic rings. The van der Waals surface area contributed by atoms with E-state index in [1.54, 1.807) is 0 Å². The van der Waals surface area contributed by atoms with Gasteiger partial charge in [-0.15, -0.1) is 24.0 Å². The highest BCUT2D eigenvalue weighted by molar-refractivity contribution is 6.17. The maximum atomic E-state index is 6.91. The summed E-state index contributed by atoms with van der Waals surface area (Å²) < 4.78 is 0. The maximum Gasteiger partial charge on any atom is 0.195 e. The Morgan fingerprint density at radius 2 is 2.14 bits per heavy atom. The van der Waals surface area contributed by atoms with Gasteiger partial charge in [0.2, 0.25) is 0 Å². The van der Waals surface area contributed by atoms with Crippen LogP contribution in [0.5, 0.6) is 0 Å². The van der Waals surface area contributed by atoms with E-state index in [9.17, 15) is 0 Å². The van der Waals surface area contributed by atoms with Gasteiger partial charge in [0, 0.05) is 5.88 Å². The molecule has 5 nitrogen and oxygen atoms in total. The molecule has 14 heavy (non-hydrogen) atoms. The van der Waals surface area contributed by atoms with Crippen molar-refractivity contribution in [2.45, 2.75) is 25.8 Å². The molecule has 6 N–H and O–H groups in total. The van der Waals surface area contributed by atoms with Crippen molar-refractivity contribution < 1.29 is 0 Å². The fourth-order valence-electron chi connectivity index (χ4n) is 0.853. The van der Waals surface area contributed by atoms with Crippen molar-refractivity contribution in [2.75, 3.05) is 5.88 Å². The van der Waals surface area contributed by atoms with Crippen molar-refractivity contribution in [1.29, 1.82) is 5.41 Å². The van der Waals surface area contributed by atoms with Crippen LogP contribution in [0.15, 0.2) is 4.99 Å². The van der Waals surface area contributed by atoms with Crippen LogP contribution in [0.25, 0.3) is 0 Å². The van der Waals surface area contributed by atoms with Crippen molar-refractivity contribution >= 4 is 35.9 Å². The van der Waals surface area contributed by atoms with Gasteiger partial charge in [0.15, 0.2) is 11.9 Å². The molecule has 0 fully saturated rings. The third kappa shape index (κ3) is 7.94. The molecule has 84 valence electrons. The molecule has 0 heterocycles. The molecule has 0 amide bonds. The Labute approximate surface area is 95.2 Å². The quantitative estimate of drug-likeness (QED) is 0.330. The van der Waals surface area contributed by atoms with Crippen LogP contribution in [0.4, 0.5) is 0 Å². The molecule has 0 rings (SSSR count). The average molecular weight is 242 g/mol. The Morgan fingerprint density at radius 1 is 1.57 bits per heavy atom. The fraction of sp³-hybridized carbons (Fsp3) is 0.714. The van der Waals surface area contributed by atoms with E-state index in [4.69, 9.17) is 28.5 Å². The highest BCUT2D eigenvalue weighted by atomic mass is 35.5. The second-order valence-corrected chi connectivity index (χ2v) is 2.97. The topological polar surface area (TPSA) is 100 Å². The van der Waals surface area contributed by atoms with E-state index < -0.39 is 0 Å². The van der Waals surface area contributed by atoms with Gasteiger partial charge >= 0.3 is 0 Å². The fourth-order valence-corrected chi connectivity index (χ4v) is 1.10. The van der Waals surface area contributed by atoms with Crippen molar-refractivity contribution in [1.82, 2.24) is 5.32 Å². The van der Waals surface area contributed by atoms with Crippen LogP contribution >= 0.6 is 24.0 Å². The van der Waals surface area contributed by atoms with Crippen molar-refractivity contribution in [2.24, 2.45) is 16.5 Å². The lowest BCUT2D eigenvalue weighted by Crippen LogP contribution is -2.41. The molecule has 0 saturated carbocycles. The van der Waals surface area contributed by atoms with Crippen molar-refractivity contribution in [3.63, 3.8) is 0 Å². The van der Waals surface area contributed by atoms with Gasteiger partial charge in [0.05, 0.1) is 6.04 Å². The van der Waals surface area contributed by atoms with Crippen LogP contribution in [-0.4, -0.2) is 23.8 Å². The number of hydrogen-bond acceptors (Lipinski definition) is 2. The zero-order chi connectivity index (χ0) is 10.3. The summed E-state index contributed by atoms with van der Waals surface area (Å²) in [6, 6.07) is 0.101. The molecule has 0 aromatic heterocycles. The Hall–Kier alpha value is -0.680. The third-order valence-corrected chi connectivity index (χ3v) is 1.72. The summed E-state index contributed by atoms with van der Waals surface area (Å²) in [6.07, 6.45) is 1.64. The van der Waals surface area contributed by atoms with E-state index in [1.165, 1.54) is 0 Å². The lowest BCUT2D eigenvalue weighted by atomic mass is 10.2. The van der Waals surface area contributed by atoms with Gasteiger partial charge in [-0.3, -0.25) is 10.7 Å². The summed E-state index contributed by atoms with van der Waals surface area (Å²) in [6.45, 7) is 2.00. The molecule has 0 spiro atoms. The number of guanidine groups is 2. The molecule has 0 saturated heterocycles. The summed E-state index contributed by atoms with van der Waals surface area (Å²) in [5, 5.41) is 9.32. The Morgan fingerprint density at radius 3 is 2.50 bits per heavy atom. The summed E-state index contributed by atoms with van der Waals surface area (Å²) in [5.74, 6) is 0.515. The highest BCUT2D eigenvalue weighted by Crippen LogP contribution is 2.03. The molecule has 1 unspecified atom stereocenters. The molecule has 0 bridgehead atoms. The number of aliphatic imine (C=N–C) groups is 1. The van der Waals surface area contributed by atoms with Crippen LogP contribution < -0.4 is 16.8 Å². The van der Waals surface area contributed by atoms with Crippen LogP contribution in [0.3, 0.4) is 0 Å². The molecule has 1 atom stereocenters. The highest BCUT2D eigenvalue weighted by Gasteiger charge is 2.03.